The molecule has 20 heavy (non-hydrogen) atoms. The first kappa shape index (κ1) is 17.9. The lowest BCUT2D eigenvalue weighted by atomic mass is 9.81. The third kappa shape index (κ3) is 6.11. The Morgan fingerprint density at radius 1 is 1.20 bits per heavy atom. The first-order valence-corrected chi connectivity index (χ1v) is 8.35. The van der Waals surface area contributed by atoms with Crippen LogP contribution >= 0.6 is 0 Å². The number of likely N-dealkylation sites (N-methyl/N-ethyl adjacent to an activating group) is 1. The third-order valence-corrected chi connectivity index (χ3v) is 4.64. The molecule has 1 aliphatic heterocycles. The normalized spacial score (nSPS) is 20.9. The smallest absolute Gasteiger partial charge is 0.0702 e. The summed E-state index contributed by atoms with van der Waals surface area (Å²) in [6.07, 6.45) is 5.37. The fourth-order valence-electron chi connectivity index (χ4n) is 3.01. The van der Waals surface area contributed by atoms with E-state index in [-0.39, 0.29) is 5.54 Å². The van der Waals surface area contributed by atoms with Gasteiger partial charge in [0.2, 0.25) is 0 Å². The topological polar surface area (TPSA) is 24.5 Å². The van der Waals surface area contributed by atoms with Crippen LogP contribution in [0.1, 0.15) is 60.3 Å². The molecule has 0 spiro atoms. The summed E-state index contributed by atoms with van der Waals surface area (Å²) >= 11 is 0. The van der Waals surface area contributed by atoms with Crippen molar-refractivity contribution >= 4 is 0 Å². The summed E-state index contributed by atoms with van der Waals surface area (Å²) < 4.78 is 5.76. The Kier molecular flexibility index (Phi) is 6.96. The Hall–Kier alpha value is -0.120. The zero-order chi connectivity index (χ0) is 15.2. The van der Waals surface area contributed by atoms with Gasteiger partial charge in [-0.3, -0.25) is 0 Å². The maximum Gasteiger partial charge on any atom is 0.0702 e. The summed E-state index contributed by atoms with van der Waals surface area (Å²) in [7, 11) is 2.25. The molecule has 1 rings (SSSR count). The zero-order valence-electron chi connectivity index (χ0n) is 14.6. The average molecular weight is 284 g/mol. The zero-order valence-corrected chi connectivity index (χ0v) is 14.6. The molecule has 1 saturated heterocycles. The van der Waals surface area contributed by atoms with E-state index in [9.17, 15) is 0 Å². The van der Waals surface area contributed by atoms with E-state index in [2.05, 4.69) is 51.9 Å². The second-order valence-electron chi connectivity index (χ2n) is 7.64. The lowest BCUT2D eigenvalue weighted by Crippen LogP contribution is -2.48. The van der Waals surface area contributed by atoms with Gasteiger partial charge in [0.25, 0.3) is 0 Å². The summed E-state index contributed by atoms with van der Waals surface area (Å²) in [6.45, 7) is 15.7. The van der Waals surface area contributed by atoms with E-state index in [1.807, 2.05) is 0 Å². The van der Waals surface area contributed by atoms with Gasteiger partial charge in [0.1, 0.15) is 0 Å². The van der Waals surface area contributed by atoms with Crippen molar-refractivity contribution in [1.82, 2.24) is 10.2 Å². The van der Waals surface area contributed by atoms with E-state index in [4.69, 9.17) is 4.74 Å². The van der Waals surface area contributed by atoms with E-state index >= 15 is 0 Å². The number of rotatable bonds is 8. The summed E-state index contributed by atoms with van der Waals surface area (Å²) in [6, 6.07) is 0. The molecule has 0 aromatic carbocycles. The van der Waals surface area contributed by atoms with Crippen LogP contribution < -0.4 is 5.32 Å². The second-order valence-corrected chi connectivity index (χ2v) is 7.64. The van der Waals surface area contributed by atoms with Gasteiger partial charge in [-0.25, -0.2) is 0 Å². The highest BCUT2D eigenvalue weighted by molar-refractivity contribution is 4.86. The van der Waals surface area contributed by atoms with E-state index < -0.39 is 0 Å². The molecule has 0 aromatic heterocycles. The van der Waals surface area contributed by atoms with Crippen LogP contribution in [0.15, 0.2) is 0 Å². The van der Waals surface area contributed by atoms with Gasteiger partial charge in [-0.15, -0.1) is 0 Å². The Morgan fingerprint density at radius 3 is 2.30 bits per heavy atom. The summed E-state index contributed by atoms with van der Waals surface area (Å²) in [5.74, 6) is 0. The Bertz CT molecular complexity index is 263. The minimum absolute atomic E-state index is 0.197. The highest BCUT2D eigenvalue weighted by Crippen LogP contribution is 2.28. The number of nitrogens with zero attached hydrogens (tertiary/aromatic N) is 1. The minimum Gasteiger partial charge on any atom is -0.377 e. The molecule has 1 fully saturated rings. The first-order valence-electron chi connectivity index (χ1n) is 8.35. The maximum absolute atomic E-state index is 5.76. The van der Waals surface area contributed by atoms with Crippen molar-refractivity contribution in [2.24, 2.45) is 5.41 Å². The van der Waals surface area contributed by atoms with Gasteiger partial charge in [-0.05, 0) is 58.9 Å². The van der Waals surface area contributed by atoms with E-state index in [1.54, 1.807) is 0 Å². The van der Waals surface area contributed by atoms with Gasteiger partial charge in [0.15, 0.2) is 0 Å². The fraction of sp³-hybridized carbons (Fsp3) is 1.00. The molecule has 1 heterocycles. The highest BCUT2D eigenvalue weighted by Gasteiger charge is 2.30. The number of ether oxygens (including phenoxy) is 1. The standard InChI is InChI=1S/C17H36N2O/c1-7-17(8-2,13-18-16(3,4)5)14-19(6)12-15-10-9-11-20-15/h15,18H,7-14H2,1-6H3. The van der Waals surface area contributed by atoms with Crippen LogP contribution in [-0.4, -0.2) is 49.8 Å². The van der Waals surface area contributed by atoms with Crippen LogP contribution in [-0.2, 0) is 4.74 Å². The summed E-state index contributed by atoms with van der Waals surface area (Å²) in [5, 5.41) is 3.71. The molecule has 1 atom stereocenters. The molecule has 0 amide bonds. The largest absolute Gasteiger partial charge is 0.377 e. The van der Waals surface area contributed by atoms with E-state index in [1.165, 1.54) is 25.7 Å². The first-order chi connectivity index (χ1) is 9.30. The average Bonchev–Trinajstić information content (AvgIpc) is 2.86. The lowest BCUT2D eigenvalue weighted by Gasteiger charge is -2.39. The Labute approximate surface area is 126 Å². The van der Waals surface area contributed by atoms with Crippen molar-refractivity contribution in [2.45, 2.75) is 71.9 Å². The van der Waals surface area contributed by atoms with Gasteiger partial charge < -0.3 is 15.0 Å². The van der Waals surface area contributed by atoms with Crippen LogP contribution in [0.4, 0.5) is 0 Å². The molecule has 1 aliphatic rings. The molecule has 1 N–H and O–H groups in total. The van der Waals surface area contributed by atoms with E-state index in [0.29, 0.717) is 11.5 Å². The fourth-order valence-corrected chi connectivity index (χ4v) is 3.01. The van der Waals surface area contributed by atoms with Gasteiger partial charge in [0, 0.05) is 31.8 Å². The van der Waals surface area contributed by atoms with Gasteiger partial charge in [-0.1, -0.05) is 13.8 Å². The van der Waals surface area contributed by atoms with Crippen molar-refractivity contribution in [1.29, 1.82) is 0 Å². The van der Waals surface area contributed by atoms with Crippen molar-refractivity contribution in [3.05, 3.63) is 0 Å². The van der Waals surface area contributed by atoms with Gasteiger partial charge in [-0.2, -0.15) is 0 Å². The van der Waals surface area contributed by atoms with Crippen LogP contribution in [0.2, 0.25) is 0 Å². The van der Waals surface area contributed by atoms with Crippen LogP contribution in [0.25, 0.3) is 0 Å². The van der Waals surface area contributed by atoms with E-state index in [0.717, 1.165) is 26.2 Å². The van der Waals surface area contributed by atoms with Crippen molar-refractivity contribution < 1.29 is 4.74 Å². The van der Waals surface area contributed by atoms with Crippen LogP contribution in [0, 0.1) is 5.41 Å². The minimum atomic E-state index is 0.197. The SMILES string of the molecule is CCC(CC)(CNC(C)(C)C)CN(C)CC1CCCO1. The Morgan fingerprint density at radius 2 is 1.85 bits per heavy atom. The van der Waals surface area contributed by atoms with Gasteiger partial charge >= 0.3 is 0 Å². The molecular formula is C17H36N2O. The molecule has 0 aromatic rings. The summed E-state index contributed by atoms with van der Waals surface area (Å²) in [5.41, 5.74) is 0.573. The third-order valence-electron chi connectivity index (χ3n) is 4.64. The van der Waals surface area contributed by atoms with Crippen molar-refractivity contribution in [2.75, 3.05) is 33.3 Å². The second kappa shape index (κ2) is 7.77. The molecule has 0 aliphatic carbocycles. The monoisotopic (exact) mass is 284 g/mol. The molecule has 0 saturated carbocycles. The Balaban J connectivity index is 2.50. The summed E-state index contributed by atoms with van der Waals surface area (Å²) in [4.78, 5) is 2.48. The lowest BCUT2D eigenvalue weighted by molar-refractivity contribution is 0.0605. The number of hydrogen-bond donors (Lipinski definition) is 1. The maximum atomic E-state index is 5.76. The predicted molar refractivity (Wildman–Crippen MR) is 87.2 cm³/mol. The molecule has 0 bridgehead atoms. The van der Waals surface area contributed by atoms with Crippen LogP contribution in [0.5, 0.6) is 0 Å². The molecule has 1 unspecified atom stereocenters. The molecule has 3 nitrogen and oxygen atoms in total. The number of nitrogens with one attached hydrogen (secondary N) is 1. The molecule has 3 heteroatoms. The predicted octanol–water partition coefficient (Wildman–Crippen LogP) is 3.29. The molecular weight excluding hydrogens is 248 g/mol. The highest BCUT2D eigenvalue weighted by atomic mass is 16.5. The molecule has 0 radical (unpaired) electrons. The van der Waals surface area contributed by atoms with Crippen LogP contribution in [0.3, 0.4) is 0 Å². The van der Waals surface area contributed by atoms with Crippen molar-refractivity contribution in [3.63, 3.8) is 0 Å². The van der Waals surface area contributed by atoms with Crippen molar-refractivity contribution in [3.8, 4) is 0 Å². The quantitative estimate of drug-likeness (QED) is 0.740. The number of hydrogen-bond acceptors (Lipinski definition) is 3. The van der Waals surface area contributed by atoms with Gasteiger partial charge in [0.05, 0.1) is 6.10 Å². The molecule has 120 valence electrons.